The van der Waals surface area contributed by atoms with Crippen LogP contribution in [0.25, 0.3) is 0 Å². The summed E-state index contributed by atoms with van der Waals surface area (Å²) in [7, 11) is 2.18. The number of hydrogen-bond acceptors (Lipinski definition) is 2. The number of rotatable bonds is 3. The summed E-state index contributed by atoms with van der Waals surface area (Å²) in [5.41, 5.74) is 0.169. The van der Waals surface area contributed by atoms with Crippen molar-refractivity contribution in [3.8, 4) is 0 Å². The third-order valence-electron chi connectivity index (χ3n) is 2.70. The first-order valence-corrected chi connectivity index (χ1v) is 6.99. The SMILES string of the molecule is CC.CC.CCCOC1(C)CCN(C)CC1. The third-order valence-corrected chi connectivity index (χ3v) is 2.70. The van der Waals surface area contributed by atoms with Crippen LogP contribution in [0.2, 0.25) is 0 Å². The van der Waals surface area contributed by atoms with E-state index in [1.54, 1.807) is 0 Å². The van der Waals surface area contributed by atoms with E-state index in [0.717, 1.165) is 13.0 Å². The molecule has 1 aliphatic heterocycles. The van der Waals surface area contributed by atoms with Gasteiger partial charge in [0.1, 0.15) is 0 Å². The second-order valence-electron chi connectivity index (χ2n) is 4.10. The molecule has 1 heterocycles. The average molecular weight is 231 g/mol. The summed E-state index contributed by atoms with van der Waals surface area (Å²) in [4.78, 5) is 2.37. The highest BCUT2D eigenvalue weighted by molar-refractivity contribution is 4.82. The van der Waals surface area contributed by atoms with Gasteiger partial charge in [-0.1, -0.05) is 34.6 Å². The zero-order chi connectivity index (χ0) is 13.0. The maximum atomic E-state index is 5.84. The van der Waals surface area contributed by atoms with Gasteiger partial charge in [0.2, 0.25) is 0 Å². The molecule has 0 spiro atoms. The van der Waals surface area contributed by atoms with Crippen LogP contribution in [0.15, 0.2) is 0 Å². The highest BCUT2D eigenvalue weighted by atomic mass is 16.5. The van der Waals surface area contributed by atoms with Crippen molar-refractivity contribution in [2.24, 2.45) is 0 Å². The summed E-state index contributed by atoms with van der Waals surface area (Å²) in [6, 6.07) is 0. The minimum atomic E-state index is 0.169. The van der Waals surface area contributed by atoms with Crippen LogP contribution in [0.4, 0.5) is 0 Å². The monoisotopic (exact) mass is 231 g/mol. The van der Waals surface area contributed by atoms with Crippen LogP contribution >= 0.6 is 0 Å². The minimum absolute atomic E-state index is 0.169. The van der Waals surface area contributed by atoms with E-state index in [-0.39, 0.29) is 5.60 Å². The molecular weight excluding hydrogens is 198 g/mol. The van der Waals surface area contributed by atoms with Crippen molar-refractivity contribution in [3.63, 3.8) is 0 Å². The van der Waals surface area contributed by atoms with Crippen molar-refractivity contribution in [1.82, 2.24) is 4.90 Å². The van der Waals surface area contributed by atoms with Crippen molar-refractivity contribution in [2.75, 3.05) is 26.7 Å². The Labute approximate surface area is 103 Å². The highest BCUT2D eigenvalue weighted by Gasteiger charge is 2.28. The smallest absolute Gasteiger partial charge is 0.0678 e. The van der Waals surface area contributed by atoms with Gasteiger partial charge in [0.15, 0.2) is 0 Å². The summed E-state index contributed by atoms with van der Waals surface area (Å²) in [5.74, 6) is 0. The van der Waals surface area contributed by atoms with E-state index < -0.39 is 0 Å². The van der Waals surface area contributed by atoms with Gasteiger partial charge in [-0.3, -0.25) is 0 Å². The number of hydrogen-bond donors (Lipinski definition) is 0. The fraction of sp³-hybridized carbons (Fsp3) is 1.00. The van der Waals surface area contributed by atoms with Crippen LogP contribution in [-0.2, 0) is 4.74 Å². The molecule has 0 radical (unpaired) electrons. The molecule has 1 saturated heterocycles. The molecule has 1 rings (SSSR count). The third kappa shape index (κ3) is 8.12. The average Bonchev–Trinajstić information content (AvgIpc) is 2.36. The van der Waals surface area contributed by atoms with Crippen molar-refractivity contribution >= 4 is 0 Å². The lowest BCUT2D eigenvalue weighted by Crippen LogP contribution is -2.42. The van der Waals surface area contributed by atoms with Crippen molar-refractivity contribution in [3.05, 3.63) is 0 Å². The summed E-state index contributed by atoms with van der Waals surface area (Å²) >= 11 is 0. The van der Waals surface area contributed by atoms with Crippen LogP contribution < -0.4 is 0 Å². The molecule has 0 saturated carbocycles. The molecule has 0 amide bonds. The number of ether oxygens (including phenoxy) is 1. The largest absolute Gasteiger partial charge is 0.375 e. The Hall–Kier alpha value is -0.0800. The molecule has 0 aromatic heterocycles. The van der Waals surface area contributed by atoms with E-state index in [0.29, 0.717) is 0 Å². The zero-order valence-corrected chi connectivity index (χ0v) is 12.6. The van der Waals surface area contributed by atoms with Gasteiger partial charge in [0.05, 0.1) is 5.60 Å². The number of likely N-dealkylation sites (tertiary alicyclic amines) is 1. The Bertz CT molecular complexity index is 123. The molecule has 100 valence electrons. The van der Waals surface area contributed by atoms with Gasteiger partial charge in [-0.2, -0.15) is 0 Å². The first-order chi connectivity index (χ1) is 7.66. The predicted octanol–water partition coefficient (Wildman–Crippen LogP) is 3.95. The van der Waals surface area contributed by atoms with Gasteiger partial charge in [-0.15, -0.1) is 0 Å². The lowest BCUT2D eigenvalue weighted by atomic mass is 9.94. The van der Waals surface area contributed by atoms with Crippen LogP contribution in [0.3, 0.4) is 0 Å². The van der Waals surface area contributed by atoms with Gasteiger partial charge in [-0.05, 0) is 33.2 Å². The van der Waals surface area contributed by atoms with Gasteiger partial charge in [0, 0.05) is 19.7 Å². The fourth-order valence-corrected chi connectivity index (χ4v) is 1.58. The van der Waals surface area contributed by atoms with Gasteiger partial charge < -0.3 is 9.64 Å². The molecule has 1 fully saturated rings. The molecule has 0 N–H and O–H groups in total. The normalized spacial score (nSPS) is 18.9. The summed E-state index contributed by atoms with van der Waals surface area (Å²) < 4.78 is 5.84. The van der Waals surface area contributed by atoms with Crippen LogP contribution in [0.1, 0.15) is 60.8 Å². The minimum Gasteiger partial charge on any atom is -0.375 e. The van der Waals surface area contributed by atoms with Gasteiger partial charge in [-0.25, -0.2) is 0 Å². The van der Waals surface area contributed by atoms with Crippen LogP contribution in [-0.4, -0.2) is 37.2 Å². The molecule has 0 atom stereocenters. The van der Waals surface area contributed by atoms with E-state index in [2.05, 4.69) is 25.8 Å². The molecule has 2 heteroatoms. The standard InChI is InChI=1S/C10H21NO.2C2H6/c1-4-9-12-10(2)5-7-11(3)8-6-10;2*1-2/h4-9H2,1-3H3;2*1-2H3. The lowest BCUT2D eigenvalue weighted by Gasteiger charge is -2.37. The Morgan fingerprint density at radius 3 is 1.88 bits per heavy atom. The highest BCUT2D eigenvalue weighted by Crippen LogP contribution is 2.24. The van der Waals surface area contributed by atoms with Gasteiger partial charge >= 0.3 is 0 Å². The van der Waals surface area contributed by atoms with E-state index in [1.165, 1.54) is 25.9 Å². The number of nitrogens with zero attached hydrogens (tertiary/aromatic N) is 1. The van der Waals surface area contributed by atoms with E-state index in [1.807, 2.05) is 27.7 Å². The Balaban J connectivity index is 0. The quantitative estimate of drug-likeness (QED) is 0.729. The van der Waals surface area contributed by atoms with Gasteiger partial charge in [0.25, 0.3) is 0 Å². The maximum Gasteiger partial charge on any atom is 0.0678 e. The van der Waals surface area contributed by atoms with E-state index in [4.69, 9.17) is 4.74 Å². The lowest BCUT2D eigenvalue weighted by molar-refractivity contribution is -0.0674. The van der Waals surface area contributed by atoms with Crippen LogP contribution in [0.5, 0.6) is 0 Å². The summed E-state index contributed by atoms with van der Waals surface area (Å²) in [6.45, 7) is 15.7. The molecular formula is C14H33NO. The Kier molecular flexibility index (Phi) is 13.0. The predicted molar refractivity (Wildman–Crippen MR) is 74.1 cm³/mol. The van der Waals surface area contributed by atoms with Crippen molar-refractivity contribution in [1.29, 1.82) is 0 Å². The zero-order valence-electron chi connectivity index (χ0n) is 12.6. The molecule has 0 aliphatic carbocycles. The molecule has 0 bridgehead atoms. The summed E-state index contributed by atoms with van der Waals surface area (Å²) in [6.07, 6.45) is 3.50. The van der Waals surface area contributed by atoms with Crippen molar-refractivity contribution < 1.29 is 4.74 Å². The molecule has 2 nitrogen and oxygen atoms in total. The van der Waals surface area contributed by atoms with E-state index in [9.17, 15) is 0 Å². The van der Waals surface area contributed by atoms with Crippen LogP contribution in [0, 0.1) is 0 Å². The summed E-state index contributed by atoms with van der Waals surface area (Å²) in [5, 5.41) is 0. The molecule has 0 unspecified atom stereocenters. The second kappa shape index (κ2) is 11.4. The first-order valence-electron chi connectivity index (χ1n) is 6.99. The van der Waals surface area contributed by atoms with E-state index >= 15 is 0 Å². The first kappa shape index (κ1) is 18.3. The molecule has 0 aromatic rings. The number of piperidine rings is 1. The molecule has 16 heavy (non-hydrogen) atoms. The Morgan fingerprint density at radius 1 is 1.06 bits per heavy atom. The molecule has 0 aromatic carbocycles. The fourth-order valence-electron chi connectivity index (χ4n) is 1.58. The second-order valence-corrected chi connectivity index (χ2v) is 4.10. The molecule has 1 aliphatic rings. The maximum absolute atomic E-state index is 5.84. The topological polar surface area (TPSA) is 12.5 Å². The van der Waals surface area contributed by atoms with Crippen molar-refractivity contribution in [2.45, 2.75) is 66.4 Å². The Morgan fingerprint density at radius 2 is 1.50 bits per heavy atom.